The molecule has 0 aliphatic rings. The van der Waals surface area contributed by atoms with Gasteiger partial charge in [-0.15, -0.1) is 0 Å². The summed E-state index contributed by atoms with van der Waals surface area (Å²) in [6.45, 7) is 2.03. The average Bonchev–Trinajstić information content (AvgIpc) is 3.08. The molecule has 0 N–H and O–H groups in total. The Morgan fingerprint density at radius 3 is 1.32 bits per heavy atom. The molecule has 1 aromatic heterocycles. The van der Waals surface area contributed by atoms with Gasteiger partial charge in [0.1, 0.15) is 5.75 Å². The van der Waals surface area contributed by atoms with Crippen LogP contribution >= 0.6 is 0 Å². The van der Waals surface area contributed by atoms with Gasteiger partial charge in [0.2, 0.25) is 0 Å². The molecule has 1 heterocycles. The zero-order valence-corrected chi connectivity index (χ0v) is 28.7. The maximum Gasteiger partial charge on any atom is 0.460 e. The van der Waals surface area contributed by atoms with Gasteiger partial charge in [-0.2, -0.15) is 105 Å². The van der Waals surface area contributed by atoms with Gasteiger partial charge in [-0.25, -0.2) is 19.4 Å². The molecule has 1 atom stereocenters. The molecule has 1 aromatic carbocycles. The van der Waals surface area contributed by atoms with Crippen molar-refractivity contribution in [2.75, 3.05) is 0 Å². The minimum Gasteiger partial charge on any atom is -0.454 e. The van der Waals surface area contributed by atoms with Crippen LogP contribution in [0, 0.1) is 0 Å². The van der Waals surface area contributed by atoms with Gasteiger partial charge in [0.05, 0.1) is 0 Å². The van der Waals surface area contributed by atoms with Gasteiger partial charge in [0.25, 0.3) is 0 Å². The fraction of sp³-hybridized carbons (Fsp3) is 0.667. The predicted molar refractivity (Wildman–Crippen MR) is 148 cm³/mol. The smallest absolute Gasteiger partial charge is 0.454 e. The summed E-state index contributed by atoms with van der Waals surface area (Å²) < 4.78 is 331. The summed E-state index contributed by atoms with van der Waals surface area (Å²) in [5, 5.41) is 0. The van der Waals surface area contributed by atoms with Crippen molar-refractivity contribution in [1.82, 2.24) is 9.97 Å². The number of unbranched alkanes of at least 4 members (excludes halogenated alkanes) is 5. The first-order chi connectivity index (χ1) is 26.3. The van der Waals surface area contributed by atoms with Crippen LogP contribution in [-0.2, 0) is 15.9 Å². The van der Waals surface area contributed by atoms with Gasteiger partial charge in [0, 0.05) is 18.0 Å². The monoisotopic (exact) mass is 916 g/mol. The zero-order chi connectivity index (χ0) is 46.1. The van der Waals surface area contributed by atoms with Crippen LogP contribution in [0.25, 0.3) is 11.4 Å². The number of hydrogen-bond acceptors (Lipinski definition) is 5. The second-order valence-electron chi connectivity index (χ2n) is 12.2. The summed E-state index contributed by atoms with van der Waals surface area (Å²) in [5.41, 5.74) is 0.638. The largest absolute Gasteiger partial charge is 0.460 e. The Bertz CT molecular complexity index is 1670. The van der Waals surface area contributed by atoms with E-state index in [1.54, 1.807) is 0 Å². The average molecular weight is 916 g/mol. The molecular weight excluding hydrogens is 892 g/mol. The first kappa shape index (κ1) is 51.5. The first-order valence-electron chi connectivity index (χ1n) is 15.8. The van der Waals surface area contributed by atoms with Crippen molar-refractivity contribution in [2.45, 2.75) is 124 Å². The van der Waals surface area contributed by atoms with E-state index in [2.05, 4.69) is 14.7 Å². The summed E-state index contributed by atoms with van der Waals surface area (Å²) in [5.74, 6) is -51.3. The third kappa shape index (κ3) is 9.95. The molecule has 0 spiro atoms. The number of ether oxygens (including phenoxy) is 3. The summed E-state index contributed by atoms with van der Waals surface area (Å²) in [6, 6.07) is 2.49. The summed E-state index contributed by atoms with van der Waals surface area (Å²) >= 11 is 0. The minimum atomic E-state index is -8.77. The molecule has 2 aromatic rings. The highest BCUT2D eigenvalue weighted by Gasteiger charge is 2.91. The third-order valence-electron chi connectivity index (χ3n) is 7.70. The molecule has 0 aliphatic heterocycles. The van der Waals surface area contributed by atoms with Crippen molar-refractivity contribution in [3.8, 4) is 17.1 Å². The molecule has 5 nitrogen and oxygen atoms in total. The Morgan fingerprint density at radius 1 is 0.492 bits per heavy atom. The molecule has 2 rings (SSSR count). The Kier molecular flexibility index (Phi) is 14.8. The van der Waals surface area contributed by atoms with Crippen molar-refractivity contribution < 1.29 is 120 Å². The minimum absolute atomic E-state index is 0.0335. The number of halogens is 24. The van der Waals surface area contributed by atoms with E-state index >= 15 is 0 Å². The van der Waals surface area contributed by atoms with Crippen molar-refractivity contribution in [3.63, 3.8) is 0 Å². The van der Waals surface area contributed by atoms with Gasteiger partial charge in [0.15, 0.2) is 5.82 Å². The lowest BCUT2D eigenvalue weighted by atomic mass is 9.97. The van der Waals surface area contributed by atoms with Crippen LogP contribution in [0.5, 0.6) is 5.75 Å². The highest BCUT2D eigenvalue weighted by molar-refractivity contribution is 5.56. The summed E-state index contributed by atoms with van der Waals surface area (Å²) in [4.78, 5) is 7.98. The molecule has 29 heteroatoms. The van der Waals surface area contributed by atoms with E-state index in [0.29, 0.717) is 24.1 Å². The lowest BCUT2D eigenvalue weighted by Gasteiger charge is -2.41. The fourth-order valence-electron chi connectivity index (χ4n) is 4.28. The topological polar surface area (TPSA) is 53.5 Å². The maximum absolute atomic E-state index is 14.3. The van der Waals surface area contributed by atoms with E-state index in [9.17, 15) is 105 Å². The first-order valence-corrected chi connectivity index (χ1v) is 15.8. The molecule has 0 saturated heterocycles. The van der Waals surface area contributed by atoms with Crippen LogP contribution in [-0.4, -0.2) is 82.5 Å². The number of aryl methyl sites for hydroxylation is 1. The van der Waals surface area contributed by atoms with Crippen LogP contribution < -0.4 is 4.74 Å². The van der Waals surface area contributed by atoms with Gasteiger partial charge >= 0.3 is 72.5 Å². The summed E-state index contributed by atoms with van der Waals surface area (Å²) in [7, 11) is 0. The summed E-state index contributed by atoms with van der Waals surface area (Å²) in [6.07, 6.45) is -37.6. The Labute approximate surface area is 314 Å². The van der Waals surface area contributed by atoms with Gasteiger partial charge in [-0.05, 0) is 42.7 Å². The third-order valence-corrected chi connectivity index (χ3v) is 7.70. The SMILES string of the molecule is CCCCCCCCc1cnc(-c2ccc(OC(F)C(F)(F)C(F)(F)C(F)(F)C(F)(F)C(F)(F)OC(F)(F)C(F)(F)OC(F)(F)C(F)(F)C(F)(F)C(F)(F)F)cc2)nc1. The normalized spacial score (nSPS) is 15.4. The van der Waals surface area contributed by atoms with Crippen molar-refractivity contribution in [1.29, 1.82) is 0 Å². The molecule has 0 saturated carbocycles. The quantitative estimate of drug-likeness (QED) is 0.0870. The van der Waals surface area contributed by atoms with Crippen molar-refractivity contribution in [3.05, 3.63) is 42.2 Å². The van der Waals surface area contributed by atoms with Crippen molar-refractivity contribution >= 4 is 0 Å². The number of alkyl halides is 24. The number of nitrogens with zero attached hydrogens (tertiary/aromatic N) is 2. The lowest BCUT2D eigenvalue weighted by molar-refractivity contribution is -0.559. The van der Waals surface area contributed by atoms with E-state index in [1.165, 1.54) is 12.4 Å². The fourth-order valence-corrected chi connectivity index (χ4v) is 4.28. The molecule has 0 fully saturated rings. The number of rotatable bonds is 22. The molecule has 0 bridgehead atoms. The molecule has 1 unspecified atom stereocenters. The molecule has 0 amide bonds. The zero-order valence-electron chi connectivity index (χ0n) is 28.7. The van der Waals surface area contributed by atoms with E-state index in [-0.39, 0.29) is 11.4 Å². The highest BCUT2D eigenvalue weighted by atomic mass is 19.4. The van der Waals surface area contributed by atoms with Crippen LogP contribution in [0.1, 0.15) is 51.0 Å². The second kappa shape index (κ2) is 17.0. The maximum atomic E-state index is 14.3. The van der Waals surface area contributed by atoms with E-state index in [0.717, 1.165) is 60.1 Å². The molecular formula is C30H24F24N2O3. The second-order valence-corrected chi connectivity index (χ2v) is 12.2. The molecule has 340 valence electrons. The van der Waals surface area contributed by atoms with E-state index in [4.69, 9.17) is 0 Å². The van der Waals surface area contributed by atoms with Gasteiger partial charge in [-0.3, -0.25) is 0 Å². The molecule has 0 radical (unpaired) electrons. The Morgan fingerprint density at radius 2 is 0.898 bits per heavy atom. The van der Waals surface area contributed by atoms with E-state index < -0.39 is 78.3 Å². The predicted octanol–water partition coefficient (Wildman–Crippen LogP) is 12.5. The van der Waals surface area contributed by atoms with Gasteiger partial charge in [-0.1, -0.05) is 39.0 Å². The lowest BCUT2D eigenvalue weighted by Crippen LogP contribution is -2.71. The number of benzene rings is 1. The van der Waals surface area contributed by atoms with Crippen molar-refractivity contribution in [2.24, 2.45) is 0 Å². The highest BCUT2D eigenvalue weighted by Crippen LogP contribution is 2.61. The molecule has 59 heavy (non-hydrogen) atoms. The van der Waals surface area contributed by atoms with Crippen LogP contribution in [0.2, 0.25) is 0 Å². The molecule has 0 aliphatic carbocycles. The van der Waals surface area contributed by atoms with Crippen LogP contribution in [0.15, 0.2) is 36.7 Å². The van der Waals surface area contributed by atoms with E-state index in [1.807, 2.05) is 6.92 Å². The van der Waals surface area contributed by atoms with Crippen LogP contribution in [0.3, 0.4) is 0 Å². The Hall–Kier alpha value is -3.66. The number of hydrogen-bond donors (Lipinski definition) is 0. The Balaban J connectivity index is 2.28. The number of aromatic nitrogens is 2. The standard InChI is InChI=1S/C30H24F24N2O3/c1-2-3-4-5-6-7-8-15-13-55-18(56-14-15)16-9-11-17(12-10-16)57-19(31)20(32,33)21(34,35)22(36,37)24(40,41)27(47,48)58-29(51,52)30(53,54)59-28(49,50)25(42,43)23(38,39)26(44,45)46/h9-14,19H,2-8H2,1H3. The van der Waals surface area contributed by atoms with Crippen LogP contribution in [0.4, 0.5) is 105 Å². The van der Waals surface area contributed by atoms with Gasteiger partial charge < -0.3 is 4.74 Å².